The van der Waals surface area contributed by atoms with Gasteiger partial charge in [-0.25, -0.2) is 0 Å². The first kappa shape index (κ1) is 12.5. The minimum absolute atomic E-state index is 0.000229. The van der Waals surface area contributed by atoms with E-state index in [-0.39, 0.29) is 27.7 Å². The number of halogens is 1. The summed E-state index contributed by atoms with van der Waals surface area (Å²) in [4.78, 5) is 23.5. The van der Waals surface area contributed by atoms with Gasteiger partial charge in [0.1, 0.15) is 5.69 Å². The summed E-state index contributed by atoms with van der Waals surface area (Å²) >= 11 is 3.32. The molecule has 1 saturated heterocycles. The van der Waals surface area contributed by atoms with Crippen LogP contribution in [0.1, 0.15) is 12.0 Å². The van der Waals surface area contributed by atoms with E-state index in [4.69, 9.17) is 5.26 Å². The summed E-state index contributed by atoms with van der Waals surface area (Å²) in [5, 5.41) is 19.7. The third-order valence-electron chi connectivity index (χ3n) is 2.67. The number of anilines is 1. The van der Waals surface area contributed by atoms with Gasteiger partial charge in [0, 0.05) is 23.9 Å². The summed E-state index contributed by atoms with van der Waals surface area (Å²) in [6.07, 6.45) is 0.317. The van der Waals surface area contributed by atoms with Crippen molar-refractivity contribution in [2.45, 2.75) is 11.2 Å². The standard InChI is InChI=1S/C11H8BrN3O3/c12-8-4-11(16)14(6-8)9-2-1-7(5-13)3-10(9)15(17)18/h1-3,8H,4,6H2. The Morgan fingerprint density at radius 2 is 2.28 bits per heavy atom. The molecule has 1 aliphatic rings. The molecule has 1 atom stereocenters. The Hall–Kier alpha value is -1.94. The van der Waals surface area contributed by atoms with Crippen molar-refractivity contribution in [2.24, 2.45) is 0 Å². The second kappa shape index (κ2) is 4.74. The van der Waals surface area contributed by atoms with Crippen LogP contribution in [0.5, 0.6) is 0 Å². The minimum Gasteiger partial charge on any atom is -0.305 e. The molecule has 0 radical (unpaired) electrons. The first-order valence-corrected chi connectivity index (χ1v) is 6.07. The largest absolute Gasteiger partial charge is 0.305 e. The topological polar surface area (TPSA) is 87.2 Å². The van der Waals surface area contributed by atoms with Gasteiger partial charge in [0.25, 0.3) is 5.69 Å². The van der Waals surface area contributed by atoms with E-state index in [0.717, 1.165) is 0 Å². The molecule has 1 aliphatic heterocycles. The van der Waals surface area contributed by atoms with Crippen molar-refractivity contribution in [1.82, 2.24) is 0 Å². The Balaban J connectivity index is 2.48. The van der Waals surface area contributed by atoms with Crippen molar-refractivity contribution in [3.63, 3.8) is 0 Å². The molecule has 18 heavy (non-hydrogen) atoms. The molecule has 7 heteroatoms. The molecule has 92 valence electrons. The number of hydrogen-bond donors (Lipinski definition) is 0. The molecule has 1 unspecified atom stereocenters. The van der Waals surface area contributed by atoms with Crippen molar-refractivity contribution in [2.75, 3.05) is 11.4 Å². The summed E-state index contributed by atoms with van der Waals surface area (Å²) in [7, 11) is 0. The number of alkyl halides is 1. The smallest absolute Gasteiger partial charge is 0.294 e. The Labute approximate surface area is 111 Å². The maximum Gasteiger partial charge on any atom is 0.294 e. The number of nitro benzene ring substituents is 1. The summed E-state index contributed by atoms with van der Waals surface area (Å²) < 4.78 is 0. The zero-order valence-electron chi connectivity index (χ0n) is 9.17. The monoisotopic (exact) mass is 309 g/mol. The Bertz CT molecular complexity index is 567. The highest BCUT2D eigenvalue weighted by Crippen LogP contribution is 2.33. The number of nitrogens with zero attached hydrogens (tertiary/aromatic N) is 3. The summed E-state index contributed by atoms with van der Waals surface area (Å²) in [6.45, 7) is 0.394. The summed E-state index contributed by atoms with van der Waals surface area (Å²) in [5.41, 5.74) is 0.224. The lowest BCUT2D eigenvalue weighted by Crippen LogP contribution is -2.25. The highest BCUT2D eigenvalue weighted by atomic mass is 79.9. The van der Waals surface area contributed by atoms with Crippen LogP contribution >= 0.6 is 15.9 Å². The number of carbonyl (C=O) groups is 1. The lowest BCUT2D eigenvalue weighted by Gasteiger charge is -2.15. The van der Waals surface area contributed by atoms with E-state index in [1.165, 1.54) is 23.1 Å². The molecule has 1 fully saturated rings. The van der Waals surface area contributed by atoms with Crippen molar-refractivity contribution < 1.29 is 9.72 Å². The SMILES string of the molecule is N#Cc1ccc(N2CC(Br)CC2=O)c([N+](=O)[O-])c1. The number of amides is 1. The van der Waals surface area contributed by atoms with Gasteiger partial charge in [0.2, 0.25) is 5.91 Å². The number of carbonyl (C=O) groups excluding carboxylic acids is 1. The lowest BCUT2D eigenvalue weighted by molar-refractivity contribution is -0.384. The molecular formula is C11H8BrN3O3. The van der Waals surface area contributed by atoms with Crippen molar-refractivity contribution >= 4 is 33.2 Å². The maximum atomic E-state index is 11.7. The highest BCUT2D eigenvalue weighted by Gasteiger charge is 2.32. The van der Waals surface area contributed by atoms with Gasteiger partial charge in [0.15, 0.2) is 0 Å². The van der Waals surface area contributed by atoms with Crippen LogP contribution in [0.3, 0.4) is 0 Å². The van der Waals surface area contributed by atoms with Gasteiger partial charge in [-0.05, 0) is 12.1 Å². The van der Waals surface area contributed by atoms with Crippen LogP contribution in [-0.4, -0.2) is 22.2 Å². The average molecular weight is 310 g/mol. The molecule has 1 aromatic rings. The minimum atomic E-state index is -0.578. The van der Waals surface area contributed by atoms with Crippen LogP contribution in [-0.2, 0) is 4.79 Å². The number of rotatable bonds is 2. The fourth-order valence-corrected chi connectivity index (χ4v) is 2.43. The molecule has 1 aromatic carbocycles. The van der Waals surface area contributed by atoms with Crippen LogP contribution in [0.2, 0.25) is 0 Å². The molecule has 1 amide bonds. The number of hydrogen-bond acceptors (Lipinski definition) is 4. The number of nitriles is 1. The predicted octanol–water partition coefficient (Wildman–Crippen LogP) is 1.97. The number of nitro groups is 1. The van der Waals surface area contributed by atoms with Gasteiger partial charge in [0.05, 0.1) is 16.6 Å². The molecule has 0 N–H and O–H groups in total. The Kier molecular flexibility index (Phi) is 3.30. The van der Waals surface area contributed by atoms with Gasteiger partial charge >= 0.3 is 0 Å². The van der Waals surface area contributed by atoms with E-state index in [9.17, 15) is 14.9 Å². The third kappa shape index (κ3) is 2.19. The Morgan fingerprint density at radius 3 is 2.78 bits per heavy atom. The van der Waals surface area contributed by atoms with Crippen molar-refractivity contribution in [1.29, 1.82) is 5.26 Å². The van der Waals surface area contributed by atoms with Gasteiger partial charge < -0.3 is 4.90 Å². The fraction of sp³-hybridized carbons (Fsp3) is 0.273. The van der Waals surface area contributed by atoms with Crippen LogP contribution < -0.4 is 4.90 Å². The highest BCUT2D eigenvalue weighted by molar-refractivity contribution is 9.09. The lowest BCUT2D eigenvalue weighted by atomic mass is 10.1. The summed E-state index contributed by atoms with van der Waals surface area (Å²) in [5.74, 6) is -0.162. The molecule has 0 spiro atoms. The van der Waals surface area contributed by atoms with Crippen molar-refractivity contribution in [3.05, 3.63) is 33.9 Å². The van der Waals surface area contributed by atoms with E-state index < -0.39 is 4.92 Å². The van der Waals surface area contributed by atoms with Gasteiger partial charge in [-0.2, -0.15) is 5.26 Å². The second-order valence-corrected chi connectivity index (χ2v) is 5.17. The predicted molar refractivity (Wildman–Crippen MR) is 67.5 cm³/mol. The first-order chi connectivity index (χ1) is 8.52. The van der Waals surface area contributed by atoms with E-state index in [2.05, 4.69) is 15.9 Å². The second-order valence-electron chi connectivity index (χ2n) is 3.88. The maximum absolute atomic E-state index is 11.7. The van der Waals surface area contributed by atoms with E-state index in [1.807, 2.05) is 6.07 Å². The molecule has 0 bridgehead atoms. The van der Waals surface area contributed by atoms with Crippen LogP contribution in [0.25, 0.3) is 0 Å². The summed E-state index contributed by atoms with van der Waals surface area (Å²) in [6, 6.07) is 5.94. The van der Waals surface area contributed by atoms with Crippen LogP contribution in [0, 0.1) is 21.4 Å². The normalized spacial score (nSPS) is 18.8. The quantitative estimate of drug-likeness (QED) is 0.474. The van der Waals surface area contributed by atoms with Gasteiger partial charge in [-0.3, -0.25) is 14.9 Å². The number of benzene rings is 1. The molecule has 0 aliphatic carbocycles. The fourth-order valence-electron chi connectivity index (χ4n) is 1.86. The van der Waals surface area contributed by atoms with Gasteiger partial charge in [-0.15, -0.1) is 0 Å². The van der Waals surface area contributed by atoms with E-state index in [0.29, 0.717) is 13.0 Å². The average Bonchev–Trinajstić information content (AvgIpc) is 2.67. The molecular weight excluding hydrogens is 302 g/mol. The van der Waals surface area contributed by atoms with E-state index >= 15 is 0 Å². The molecule has 2 rings (SSSR count). The van der Waals surface area contributed by atoms with Crippen LogP contribution in [0.4, 0.5) is 11.4 Å². The van der Waals surface area contributed by atoms with Crippen molar-refractivity contribution in [3.8, 4) is 6.07 Å². The zero-order valence-corrected chi connectivity index (χ0v) is 10.8. The van der Waals surface area contributed by atoms with E-state index in [1.54, 1.807) is 0 Å². The van der Waals surface area contributed by atoms with Gasteiger partial charge in [-0.1, -0.05) is 15.9 Å². The van der Waals surface area contributed by atoms with Crippen LogP contribution in [0.15, 0.2) is 18.2 Å². The first-order valence-electron chi connectivity index (χ1n) is 5.16. The molecule has 0 aromatic heterocycles. The molecule has 6 nitrogen and oxygen atoms in total. The molecule has 0 saturated carbocycles. The third-order valence-corrected chi connectivity index (χ3v) is 3.28. The Morgan fingerprint density at radius 1 is 1.56 bits per heavy atom. The molecule has 1 heterocycles. The zero-order chi connectivity index (χ0) is 13.3.